The Labute approximate surface area is 146 Å². The van der Waals surface area contributed by atoms with E-state index in [1.165, 1.54) is 18.2 Å². The molecule has 0 radical (unpaired) electrons. The van der Waals surface area contributed by atoms with Gasteiger partial charge in [-0.3, -0.25) is 9.59 Å². The van der Waals surface area contributed by atoms with Crippen LogP contribution >= 0.6 is 0 Å². The molecule has 0 bridgehead atoms. The number of carbonyl (C=O) groups is 2. The van der Waals surface area contributed by atoms with Gasteiger partial charge in [-0.15, -0.1) is 0 Å². The van der Waals surface area contributed by atoms with Gasteiger partial charge in [-0.1, -0.05) is 6.92 Å². The Morgan fingerprint density at radius 2 is 2.08 bits per heavy atom. The van der Waals surface area contributed by atoms with Crippen LogP contribution in [0.15, 0.2) is 18.2 Å². The number of hydrogen-bond acceptors (Lipinski definition) is 4. The summed E-state index contributed by atoms with van der Waals surface area (Å²) in [6.07, 6.45) is 1.73. The molecule has 25 heavy (non-hydrogen) atoms. The van der Waals surface area contributed by atoms with Crippen LogP contribution in [0, 0.1) is 11.7 Å². The maximum atomic E-state index is 13.9. The zero-order chi connectivity index (χ0) is 18.4. The highest BCUT2D eigenvalue weighted by molar-refractivity contribution is 5.95. The summed E-state index contributed by atoms with van der Waals surface area (Å²) in [6.45, 7) is 2.51. The SMILES string of the molecule is COCCOCc1cc(C(=O)N(CC(C)C(=O)O)C2CC2)ccc1F. The second-order valence-corrected chi connectivity index (χ2v) is 6.28. The number of benzene rings is 1. The molecule has 1 aliphatic rings. The molecule has 6 nitrogen and oxygen atoms in total. The predicted molar refractivity (Wildman–Crippen MR) is 88.8 cm³/mol. The standard InChI is InChI=1S/C18H24FNO5/c1-12(18(22)23)10-20(15-4-5-15)17(21)13-3-6-16(19)14(9-13)11-25-8-7-24-2/h3,6,9,12,15H,4-5,7-8,10-11H2,1-2H3,(H,22,23). The van der Waals surface area contributed by atoms with Crippen molar-refractivity contribution in [1.82, 2.24) is 4.90 Å². The molecule has 1 amide bonds. The minimum Gasteiger partial charge on any atom is -0.481 e. The zero-order valence-electron chi connectivity index (χ0n) is 14.5. The number of carboxylic acid groups (broad SMARTS) is 1. The van der Waals surface area contributed by atoms with Crippen LogP contribution in [0.5, 0.6) is 0 Å². The first-order valence-corrected chi connectivity index (χ1v) is 8.33. The fourth-order valence-electron chi connectivity index (χ4n) is 2.47. The summed E-state index contributed by atoms with van der Waals surface area (Å²) in [6, 6.07) is 4.22. The number of amides is 1. The Hall–Kier alpha value is -1.99. The molecule has 1 fully saturated rings. The minimum absolute atomic E-state index is 0.0469. The van der Waals surface area contributed by atoms with Crippen LogP contribution in [0.1, 0.15) is 35.7 Å². The molecule has 0 aromatic heterocycles. The van der Waals surface area contributed by atoms with Crippen molar-refractivity contribution in [1.29, 1.82) is 0 Å². The normalized spacial score (nSPS) is 15.0. The van der Waals surface area contributed by atoms with Gasteiger partial charge in [0.2, 0.25) is 0 Å². The molecule has 1 unspecified atom stereocenters. The van der Waals surface area contributed by atoms with E-state index in [-0.39, 0.29) is 25.1 Å². The Kier molecular flexibility index (Phi) is 6.90. The van der Waals surface area contributed by atoms with Crippen molar-refractivity contribution in [2.45, 2.75) is 32.4 Å². The van der Waals surface area contributed by atoms with Gasteiger partial charge in [-0.25, -0.2) is 4.39 Å². The fourth-order valence-corrected chi connectivity index (χ4v) is 2.47. The van der Waals surface area contributed by atoms with E-state index in [1.54, 1.807) is 18.9 Å². The summed E-state index contributed by atoms with van der Waals surface area (Å²) >= 11 is 0. The van der Waals surface area contributed by atoms with Crippen molar-refractivity contribution in [2.75, 3.05) is 26.9 Å². The second kappa shape index (κ2) is 8.92. The first-order chi connectivity index (χ1) is 11.9. The smallest absolute Gasteiger partial charge is 0.308 e. The maximum Gasteiger partial charge on any atom is 0.308 e. The number of ether oxygens (including phenoxy) is 2. The molecular weight excluding hydrogens is 329 g/mol. The van der Waals surface area contributed by atoms with Crippen LogP contribution in [0.25, 0.3) is 0 Å². The number of rotatable bonds is 10. The quantitative estimate of drug-likeness (QED) is 0.653. The lowest BCUT2D eigenvalue weighted by Gasteiger charge is -2.24. The van der Waals surface area contributed by atoms with Crippen LogP contribution in [-0.4, -0.2) is 54.8 Å². The van der Waals surface area contributed by atoms with Crippen LogP contribution < -0.4 is 0 Å². The molecule has 1 aliphatic carbocycles. The lowest BCUT2D eigenvalue weighted by molar-refractivity contribution is -0.141. The van der Waals surface area contributed by atoms with Crippen LogP contribution in [0.4, 0.5) is 4.39 Å². The highest BCUT2D eigenvalue weighted by atomic mass is 19.1. The summed E-state index contributed by atoms with van der Waals surface area (Å²) in [7, 11) is 1.55. The molecule has 0 spiro atoms. The number of aliphatic carboxylic acids is 1. The van der Waals surface area contributed by atoms with Crippen LogP contribution in [0.3, 0.4) is 0 Å². The first kappa shape index (κ1) is 19.3. The number of carbonyl (C=O) groups excluding carboxylic acids is 1. The van der Waals surface area contributed by atoms with E-state index in [9.17, 15) is 14.0 Å². The summed E-state index contributed by atoms with van der Waals surface area (Å²) in [5.74, 6) is -2.30. The van der Waals surface area contributed by atoms with Gasteiger partial charge in [-0.2, -0.15) is 0 Å². The Balaban J connectivity index is 2.09. The Morgan fingerprint density at radius 3 is 2.68 bits per heavy atom. The molecule has 138 valence electrons. The predicted octanol–water partition coefficient (Wildman–Crippen LogP) is 2.31. The van der Waals surface area contributed by atoms with Crippen molar-refractivity contribution in [3.63, 3.8) is 0 Å². The number of methoxy groups -OCH3 is 1. The number of nitrogens with zero attached hydrogens (tertiary/aromatic N) is 1. The van der Waals surface area contributed by atoms with E-state index < -0.39 is 17.7 Å². The second-order valence-electron chi connectivity index (χ2n) is 6.28. The summed E-state index contributed by atoms with van der Waals surface area (Å²) < 4.78 is 24.1. The van der Waals surface area contributed by atoms with Crippen LogP contribution in [-0.2, 0) is 20.9 Å². The topological polar surface area (TPSA) is 76.1 Å². The zero-order valence-corrected chi connectivity index (χ0v) is 14.5. The van der Waals surface area contributed by atoms with E-state index >= 15 is 0 Å². The highest BCUT2D eigenvalue weighted by Gasteiger charge is 2.35. The molecule has 1 atom stereocenters. The highest BCUT2D eigenvalue weighted by Crippen LogP contribution is 2.29. The Morgan fingerprint density at radius 1 is 1.36 bits per heavy atom. The third-order valence-electron chi connectivity index (χ3n) is 4.12. The van der Waals surface area contributed by atoms with Gasteiger partial charge >= 0.3 is 5.97 Å². The van der Waals surface area contributed by atoms with E-state index in [0.717, 1.165) is 12.8 Å². The van der Waals surface area contributed by atoms with Gasteiger partial charge < -0.3 is 19.5 Å². The van der Waals surface area contributed by atoms with Crippen molar-refractivity contribution < 1.29 is 28.6 Å². The maximum absolute atomic E-state index is 13.9. The van der Waals surface area contributed by atoms with Gasteiger partial charge in [0, 0.05) is 30.8 Å². The molecule has 0 heterocycles. The van der Waals surface area contributed by atoms with E-state index in [2.05, 4.69) is 0 Å². The molecule has 0 aliphatic heterocycles. The van der Waals surface area contributed by atoms with Crippen molar-refractivity contribution in [2.24, 2.45) is 5.92 Å². The lowest BCUT2D eigenvalue weighted by Crippen LogP contribution is -2.38. The monoisotopic (exact) mass is 353 g/mol. The van der Waals surface area contributed by atoms with Gasteiger partial charge in [0.05, 0.1) is 25.7 Å². The average molecular weight is 353 g/mol. The molecule has 7 heteroatoms. The average Bonchev–Trinajstić information content (AvgIpc) is 3.42. The fraction of sp³-hybridized carbons (Fsp3) is 0.556. The number of hydrogen-bond donors (Lipinski definition) is 1. The van der Waals surface area contributed by atoms with E-state index in [0.29, 0.717) is 24.3 Å². The van der Waals surface area contributed by atoms with E-state index in [1.807, 2.05) is 0 Å². The lowest BCUT2D eigenvalue weighted by atomic mass is 10.1. The van der Waals surface area contributed by atoms with Crippen LogP contribution in [0.2, 0.25) is 0 Å². The van der Waals surface area contributed by atoms with Gasteiger partial charge in [0.25, 0.3) is 5.91 Å². The molecular formula is C18H24FNO5. The third-order valence-corrected chi connectivity index (χ3v) is 4.12. The number of halogens is 1. The Bertz CT molecular complexity index is 617. The molecule has 0 saturated heterocycles. The van der Waals surface area contributed by atoms with Crippen molar-refractivity contribution in [3.8, 4) is 0 Å². The summed E-state index contributed by atoms with van der Waals surface area (Å²) in [5.41, 5.74) is 0.639. The first-order valence-electron chi connectivity index (χ1n) is 8.33. The molecule has 1 saturated carbocycles. The van der Waals surface area contributed by atoms with Gasteiger partial charge in [0.15, 0.2) is 0 Å². The third kappa shape index (κ3) is 5.51. The van der Waals surface area contributed by atoms with Gasteiger partial charge in [-0.05, 0) is 31.0 Å². The van der Waals surface area contributed by atoms with Gasteiger partial charge in [0.1, 0.15) is 5.82 Å². The summed E-state index contributed by atoms with van der Waals surface area (Å²) in [4.78, 5) is 25.5. The van der Waals surface area contributed by atoms with Crippen molar-refractivity contribution >= 4 is 11.9 Å². The molecule has 2 rings (SSSR count). The summed E-state index contributed by atoms with van der Waals surface area (Å²) in [5, 5.41) is 9.09. The molecule has 1 aromatic carbocycles. The number of carboxylic acids is 1. The largest absolute Gasteiger partial charge is 0.481 e. The minimum atomic E-state index is -0.940. The molecule has 1 N–H and O–H groups in total. The van der Waals surface area contributed by atoms with E-state index in [4.69, 9.17) is 14.6 Å². The van der Waals surface area contributed by atoms with Crippen molar-refractivity contribution in [3.05, 3.63) is 35.1 Å². The molecule has 1 aromatic rings.